The molecule has 116 valence electrons. The third kappa shape index (κ3) is 3.41. The number of ketones is 1. The second kappa shape index (κ2) is 6.53. The number of methoxy groups -OCH3 is 1. The minimum atomic E-state index is -1.32. The molecule has 1 fully saturated rings. The van der Waals surface area contributed by atoms with E-state index in [1.807, 2.05) is 0 Å². The lowest BCUT2D eigenvalue weighted by atomic mass is 9.92. The first-order valence-corrected chi connectivity index (χ1v) is 6.81. The highest BCUT2D eigenvalue weighted by molar-refractivity contribution is 5.96. The van der Waals surface area contributed by atoms with Gasteiger partial charge in [0.25, 0.3) is 0 Å². The summed E-state index contributed by atoms with van der Waals surface area (Å²) in [6, 6.07) is 6.61. The third-order valence-electron chi connectivity index (χ3n) is 3.75. The molecule has 1 aromatic rings. The summed E-state index contributed by atoms with van der Waals surface area (Å²) in [6.07, 6.45) is -5.32. The van der Waals surface area contributed by atoms with Crippen LogP contribution in [0.15, 0.2) is 24.3 Å². The first kappa shape index (κ1) is 15.9. The van der Waals surface area contributed by atoms with Gasteiger partial charge < -0.3 is 24.8 Å². The summed E-state index contributed by atoms with van der Waals surface area (Å²) in [4.78, 5) is 12.2. The van der Waals surface area contributed by atoms with Gasteiger partial charge >= 0.3 is 0 Å². The maximum Gasteiger partial charge on any atom is 0.165 e. The van der Waals surface area contributed by atoms with Crippen molar-refractivity contribution in [1.29, 1.82) is 0 Å². The fourth-order valence-corrected chi connectivity index (χ4v) is 2.38. The Balaban J connectivity index is 2.04. The molecule has 1 saturated heterocycles. The Labute approximate surface area is 122 Å². The van der Waals surface area contributed by atoms with Crippen LogP contribution in [0.2, 0.25) is 0 Å². The molecule has 0 unspecified atom stereocenters. The molecular weight excluding hydrogens is 276 g/mol. The van der Waals surface area contributed by atoms with Gasteiger partial charge in [-0.2, -0.15) is 0 Å². The second-order valence-electron chi connectivity index (χ2n) is 5.21. The molecule has 5 atom stereocenters. The van der Waals surface area contributed by atoms with Crippen LogP contribution in [-0.4, -0.2) is 58.7 Å². The van der Waals surface area contributed by atoms with E-state index in [9.17, 15) is 20.1 Å². The molecule has 0 aromatic heterocycles. The van der Waals surface area contributed by atoms with Gasteiger partial charge in [-0.3, -0.25) is 4.79 Å². The number of benzene rings is 1. The molecule has 2 rings (SSSR count). The number of hydrogen-bond acceptors (Lipinski definition) is 6. The topological polar surface area (TPSA) is 96.2 Å². The highest BCUT2D eigenvalue weighted by atomic mass is 16.5. The zero-order chi connectivity index (χ0) is 15.6. The van der Waals surface area contributed by atoms with Crippen LogP contribution in [0.1, 0.15) is 23.7 Å². The van der Waals surface area contributed by atoms with Crippen molar-refractivity contribution >= 4 is 5.78 Å². The van der Waals surface area contributed by atoms with Crippen molar-refractivity contribution in [2.45, 2.75) is 43.9 Å². The van der Waals surface area contributed by atoms with Crippen LogP contribution in [0.4, 0.5) is 0 Å². The summed E-state index contributed by atoms with van der Waals surface area (Å²) in [6.45, 7) is 1.59. The van der Waals surface area contributed by atoms with Gasteiger partial charge in [-0.25, -0.2) is 0 Å². The highest BCUT2D eigenvalue weighted by Gasteiger charge is 2.42. The number of hydrogen-bond donors (Lipinski definition) is 3. The predicted molar refractivity (Wildman–Crippen MR) is 74.3 cm³/mol. The Hall–Kier alpha value is -1.47. The van der Waals surface area contributed by atoms with E-state index in [0.717, 1.165) is 0 Å². The van der Waals surface area contributed by atoms with Crippen LogP contribution < -0.4 is 4.74 Å². The highest BCUT2D eigenvalue weighted by Crippen LogP contribution is 2.24. The number of aliphatic hydroxyl groups excluding tert-OH is 3. The molecule has 3 N–H and O–H groups in total. The van der Waals surface area contributed by atoms with Gasteiger partial charge in [-0.15, -0.1) is 0 Å². The van der Waals surface area contributed by atoms with Crippen molar-refractivity contribution in [3.63, 3.8) is 0 Å². The van der Waals surface area contributed by atoms with Gasteiger partial charge in [0.1, 0.15) is 24.1 Å². The molecule has 0 bridgehead atoms. The summed E-state index contributed by atoms with van der Waals surface area (Å²) in [5.74, 6) is 0.435. The molecule has 1 aromatic carbocycles. The molecule has 6 heteroatoms. The summed E-state index contributed by atoms with van der Waals surface area (Å²) in [7, 11) is 1.54. The lowest BCUT2D eigenvalue weighted by Gasteiger charge is -2.39. The Morgan fingerprint density at radius 3 is 2.33 bits per heavy atom. The molecular formula is C15H20O6. The molecule has 6 nitrogen and oxygen atoms in total. The quantitative estimate of drug-likeness (QED) is 0.684. The summed E-state index contributed by atoms with van der Waals surface area (Å²) in [5, 5.41) is 29.2. The van der Waals surface area contributed by atoms with Crippen LogP contribution in [0, 0.1) is 0 Å². The predicted octanol–water partition coefficient (Wildman–Crippen LogP) is 0.138. The van der Waals surface area contributed by atoms with E-state index in [1.165, 1.54) is 7.11 Å². The zero-order valence-corrected chi connectivity index (χ0v) is 12.0. The summed E-state index contributed by atoms with van der Waals surface area (Å²) < 4.78 is 10.4. The number of ether oxygens (including phenoxy) is 2. The van der Waals surface area contributed by atoms with E-state index in [4.69, 9.17) is 9.47 Å². The number of Topliss-reactive ketones (excluding diaryl/α,β-unsaturated/α-hetero) is 1. The third-order valence-corrected chi connectivity index (χ3v) is 3.75. The average Bonchev–Trinajstić information content (AvgIpc) is 2.50. The van der Waals surface area contributed by atoms with Crippen LogP contribution >= 0.6 is 0 Å². The van der Waals surface area contributed by atoms with Crippen LogP contribution in [0.25, 0.3) is 0 Å². The Bertz CT molecular complexity index is 485. The van der Waals surface area contributed by atoms with E-state index in [2.05, 4.69) is 0 Å². The minimum Gasteiger partial charge on any atom is -0.497 e. The summed E-state index contributed by atoms with van der Waals surface area (Å²) >= 11 is 0. The van der Waals surface area contributed by atoms with Gasteiger partial charge in [0.2, 0.25) is 0 Å². The smallest absolute Gasteiger partial charge is 0.165 e. The van der Waals surface area contributed by atoms with Crippen molar-refractivity contribution in [2.75, 3.05) is 7.11 Å². The number of carbonyl (C=O) groups is 1. The normalized spacial score (nSPS) is 32.7. The fourth-order valence-electron chi connectivity index (χ4n) is 2.38. The Morgan fingerprint density at radius 2 is 1.76 bits per heavy atom. The molecule has 1 aliphatic heterocycles. The SMILES string of the molecule is COc1ccc(C(=O)C[C@H]2O[C@H](C)[C@H](O)[C@H](O)[C@H]2O)cc1. The first-order chi connectivity index (χ1) is 9.93. The molecule has 0 amide bonds. The Morgan fingerprint density at radius 1 is 1.14 bits per heavy atom. The van der Waals surface area contributed by atoms with Gasteiger partial charge in [-0.1, -0.05) is 0 Å². The van der Waals surface area contributed by atoms with Crippen LogP contribution in [0.5, 0.6) is 5.75 Å². The van der Waals surface area contributed by atoms with Crippen molar-refractivity contribution in [2.24, 2.45) is 0 Å². The van der Waals surface area contributed by atoms with E-state index >= 15 is 0 Å². The second-order valence-corrected chi connectivity index (χ2v) is 5.21. The maximum absolute atomic E-state index is 12.2. The van der Waals surface area contributed by atoms with Gasteiger partial charge in [-0.05, 0) is 31.2 Å². The number of aliphatic hydroxyl groups is 3. The van der Waals surface area contributed by atoms with Crippen LogP contribution in [-0.2, 0) is 4.74 Å². The lowest BCUT2D eigenvalue weighted by Crippen LogP contribution is -2.56. The maximum atomic E-state index is 12.2. The summed E-state index contributed by atoms with van der Waals surface area (Å²) in [5.41, 5.74) is 0.472. The van der Waals surface area contributed by atoms with Gasteiger partial charge in [0, 0.05) is 12.0 Å². The number of carbonyl (C=O) groups excluding carboxylic acids is 1. The van der Waals surface area contributed by atoms with E-state index in [0.29, 0.717) is 11.3 Å². The van der Waals surface area contributed by atoms with Gasteiger partial charge in [0.05, 0.1) is 19.3 Å². The molecule has 0 saturated carbocycles. The van der Waals surface area contributed by atoms with Crippen molar-refractivity contribution in [3.05, 3.63) is 29.8 Å². The molecule has 0 spiro atoms. The molecule has 21 heavy (non-hydrogen) atoms. The Kier molecular flexibility index (Phi) is 4.95. The largest absolute Gasteiger partial charge is 0.497 e. The lowest BCUT2D eigenvalue weighted by molar-refractivity contribution is -0.215. The number of rotatable bonds is 4. The monoisotopic (exact) mass is 296 g/mol. The van der Waals surface area contributed by atoms with Crippen molar-refractivity contribution < 1.29 is 29.6 Å². The molecule has 1 aliphatic rings. The fraction of sp³-hybridized carbons (Fsp3) is 0.533. The standard InChI is InChI=1S/C15H20O6/c1-8-13(17)15(19)14(18)12(21-8)7-11(16)9-3-5-10(20-2)6-4-9/h3-6,8,12-15,17-19H,7H2,1-2H3/t8-,12-,13+,14+,15+/m1/s1. The van der Waals surface area contributed by atoms with Crippen molar-refractivity contribution in [1.82, 2.24) is 0 Å². The van der Waals surface area contributed by atoms with E-state index in [-0.39, 0.29) is 12.2 Å². The zero-order valence-electron chi connectivity index (χ0n) is 12.0. The minimum absolute atomic E-state index is 0.0678. The molecule has 0 aliphatic carbocycles. The first-order valence-electron chi connectivity index (χ1n) is 6.81. The molecule has 0 radical (unpaired) electrons. The average molecular weight is 296 g/mol. The van der Waals surface area contributed by atoms with E-state index < -0.39 is 30.5 Å². The van der Waals surface area contributed by atoms with Crippen molar-refractivity contribution in [3.8, 4) is 5.75 Å². The van der Waals surface area contributed by atoms with Crippen LogP contribution in [0.3, 0.4) is 0 Å². The van der Waals surface area contributed by atoms with E-state index in [1.54, 1.807) is 31.2 Å². The molecule has 1 heterocycles. The van der Waals surface area contributed by atoms with Gasteiger partial charge in [0.15, 0.2) is 5.78 Å².